The minimum Gasteiger partial charge on any atom is -0.446 e. The zero-order valence-electron chi connectivity index (χ0n) is 16.1. The quantitative estimate of drug-likeness (QED) is 0.802. The molecule has 28 heavy (non-hydrogen) atoms. The van der Waals surface area contributed by atoms with Crippen LogP contribution in [0.4, 0.5) is 23.7 Å². The minimum absolute atomic E-state index is 0.0784. The molecule has 0 spiro atoms. The van der Waals surface area contributed by atoms with Crippen molar-refractivity contribution in [2.75, 3.05) is 18.4 Å². The maximum Gasteiger partial charge on any atom is 0.573 e. The summed E-state index contributed by atoms with van der Waals surface area (Å²) in [7, 11) is 0. The Labute approximate surface area is 162 Å². The van der Waals surface area contributed by atoms with E-state index < -0.39 is 12.5 Å². The number of alkyl halides is 3. The van der Waals surface area contributed by atoms with Crippen molar-refractivity contribution < 1.29 is 32.2 Å². The van der Waals surface area contributed by atoms with Crippen LogP contribution < -0.4 is 10.1 Å². The first kappa shape index (κ1) is 21.8. The van der Waals surface area contributed by atoms with Crippen LogP contribution in [0.15, 0.2) is 24.3 Å². The Bertz CT molecular complexity index is 676. The van der Waals surface area contributed by atoms with Crippen LogP contribution >= 0.6 is 0 Å². The van der Waals surface area contributed by atoms with Crippen LogP contribution in [-0.2, 0) is 9.53 Å². The average molecular weight is 402 g/mol. The number of rotatable bonds is 4. The highest BCUT2D eigenvalue weighted by molar-refractivity contribution is 5.84. The van der Waals surface area contributed by atoms with E-state index in [1.165, 1.54) is 12.1 Å². The second-order valence-electron chi connectivity index (χ2n) is 7.92. The fourth-order valence-electron chi connectivity index (χ4n) is 2.83. The Morgan fingerprint density at radius 3 is 2.18 bits per heavy atom. The van der Waals surface area contributed by atoms with Gasteiger partial charge >= 0.3 is 12.5 Å². The van der Waals surface area contributed by atoms with Crippen molar-refractivity contribution in [3.05, 3.63) is 24.3 Å². The molecule has 2 amide bonds. The van der Waals surface area contributed by atoms with E-state index in [1.807, 2.05) is 20.8 Å². The molecule has 0 saturated carbocycles. The van der Waals surface area contributed by atoms with E-state index in [-0.39, 0.29) is 28.9 Å². The Hall–Kier alpha value is -2.45. The van der Waals surface area contributed by atoms with Crippen LogP contribution in [-0.4, -0.2) is 42.5 Å². The predicted octanol–water partition coefficient (Wildman–Crippen LogP) is 4.56. The number of benzene rings is 1. The standard InChI is InChI=1S/C19H25F3N2O4/c1-18(2,3)12-16(25)24-10-8-14(9-11-24)27-17(26)23-13-4-6-15(7-5-13)28-19(20,21)22/h4-7,14H,8-12H2,1-3H3,(H,23,26). The fourth-order valence-corrected chi connectivity index (χ4v) is 2.83. The van der Waals surface area contributed by atoms with Gasteiger partial charge < -0.3 is 14.4 Å². The SMILES string of the molecule is CC(C)(C)CC(=O)N1CCC(OC(=O)Nc2ccc(OC(F)(F)F)cc2)CC1. The van der Waals surface area contributed by atoms with Gasteiger partial charge in [-0.15, -0.1) is 13.2 Å². The third-order valence-corrected chi connectivity index (χ3v) is 4.08. The van der Waals surface area contributed by atoms with E-state index in [0.29, 0.717) is 32.4 Å². The number of piperidine rings is 1. The molecule has 0 atom stereocenters. The highest BCUT2D eigenvalue weighted by Gasteiger charge is 2.31. The molecule has 9 heteroatoms. The number of likely N-dealkylation sites (tertiary alicyclic amines) is 1. The van der Waals surface area contributed by atoms with Gasteiger partial charge in [-0.1, -0.05) is 20.8 Å². The third kappa shape index (κ3) is 7.66. The summed E-state index contributed by atoms with van der Waals surface area (Å²) < 4.78 is 45.5. The summed E-state index contributed by atoms with van der Waals surface area (Å²) in [4.78, 5) is 26.0. The van der Waals surface area contributed by atoms with Gasteiger partial charge in [0.25, 0.3) is 0 Å². The molecule has 156 valence electrons. The highest BCUT2D eigenvalue weighted by Crippen LogP contribution is 2.25. The van der Waals surface area contributed by atoms with Crippen molar-refractivity contribution in [3.63, 3.8) is 0 Å². The Morgan fingerprint density at radius 1 is 1.11 bits per heavy atom. The maximum atomic E-state index is 12.2. The summed E-state index contributed by atoms with van der Waals surface area (Å²) in [6.45, 7) is 7.07. The van der Waals surface area contributed by atoms with Crippen LogP contribution in [0.5, 0.6) is 5.75 Å². The number of hydrogen-bond acceptors (Lipinski definition) is 4. The number of ether oxygens (including phenoxy) is 2. The number of amides is 2. The van der Waals surface area contributed by atoms with Crippen LogP contribution in [0.3, 0.4) is 0 Å². The van der Waals surface area contributed by atoms with Crippen molar-refractivity contribution >= 4 is 17.7 Å². The second kappa shape index (κ2) is 8.70. The summed E-state index contributed by atoms with van der Waals surface area (Å²) in [5.41, 5.74) is 0.211. The second-order valence-corrected chi connectivity index (χ2v) is 7.92. The fraction of sp³-hybridized carbons (Fsp3) is 0.579. The van der Waals surface area contributed by atoms with Gasteiger partial charge in [-0.3, -0.25) is 10.1 Å². The van der Waals surface area contributed by atoms with Crippen LogP contribution in [0.2, 0.25) is 0 Å². The zero-order valence-corrected chi connectivity index (χ0v) is 16.1. The predicted molar refractivity (Wildman–Crippen MR) is 96.9 cm³/mol. The lowest BCUT2D eigenvalue weighted by molar-refractivity contribution is -0.274. The van der Waals surface area contributed by atoms with E-state index in [1.54, 1.807) is 4.90 Å². The summed E-state index contributed by atoms with van der Waals surface area (Å²) in [6, 6.07) is 4.77. The van der Waals surface area contributed by atoms with Crippen molar-refractivity contribution in [3.8, 4) is 5.75 Å². The van der Waals surface area contributed by atoms with E-state index >= 15 is 0 Å². The summed E-state index contributed by atoms with van der Waals surface area (Å²) >= 11 is 0. The summed E-state index contributed by atoms with van der Waals surface area (Å²) in [5, 5.41) is 2.47. The lowest BCUT2D eigenvalue weighted by Crippen LogP contribution is -2.42. The first-order valence-corrected chi connectivity index (χ1v) is 9.02. The lowest BCUT2D eigenvalue weighted by atomic mass is 9.91. The number of carbonyl (C=O) groups excluding carboxylic acids is 2. The Balaban J connectivity index is 1.76. The largest absolute Gasteiger partial charge is 0.573 e. The average Bonchev–Trinajstić information content (AvgIpc) is 2.54. The number of nitrogens with zero attached hydrogens (tertiary/aromatic N) is 1. The van der Waals surface area contributed by atoms with E-state index in [9.17, 15) is 22.8 Å². The van der Waals surface area contributed by atoms with Gasteiger partial charge in [0.2, 0.25) is 5.91 Å². The molecule has 1 aliphatic heterocycles. The molecule has 0 bridgehead atoms. The molecule has 6 nitrogen and oxygen atoms in total. The lowest BCUT2D eigenvalue weighted by Gasteiger charge is -2.33. The number of halogens is 3. The normalized spacial score (nSPS) is 15.9. The molecular formula is C19H25F3N2O4. The Morgan fingerprint density at radius 2 is 1.68 bits per heavy atom. The molecule has 0 aromatic heterocycles. The van der Waals surface area contributed by atoms with Crippen molar-refractivity contribution in [1.82, 2.24) is 4.90 Å². The van der Waals surface area contributed by atoms with Gasteiger partial charge in [0.05, 0.1) is 0 Å². The molecule has 1 N–H and O–H groups in total. The van der Waals surface area contributed by atoms with Gasteiger partial charge in [-0.25, -0.2) is 4.79 Å². The molecule has 1 aromatic carbocycles. The molecular weight excluding hydrogens is 377 g/mol. The molecule has 1 aliphatic rings. The third-order valence-electron chi connectivity index (χ3n) is 4.08. The van der Waals surface area contributed by atoms with Crippen molar-refractivity contribution in [2.24, 2.45) is 5.41 Å². The summed E-state index contributed by atoms with van der Waals surface area (Å²) in [6.07, 6.45) is -4.22. The minimum atomic E-state index is -4.77. The molecule has 0 aliphatic carbocycles. The maximum absolute atomic E-state index is 12.2. The molecule has 0 radical (unpaired) electrons. The van der Waals surface area contributed by atoms with Crippen molar-refractivity contribution in [1.29, 1.82) is 0 Å². The molecule has 1 fully saturated rings. The van der Waals surface area contributed by atoms with Crippen LogP contribution in [0.1, 0.15) is 40.0 Å². The first-order chi connectivity index (χ1) is 12.9. The molecule has 0 unspecified atom stereocenters. The monoisotopic (exact) mass is 402 g/mol. The van der Waals surface area contributed by atoms with E-state index in [0.717, 1.165) is 12.1 Å². The Kier molecular flexibility index (Phi) is 6.79. The van der Waals surface area contributed by atoms with Gasteiger partial charge in [0.1, 0.15) is 11.9 Å². The van der Waals surface area contributed by atoms with Crippen LogP contribution in [0, 0.1) is 5.41 Å². The highest BCUT2D eigenvalue weighted by atomic mass is 19.4. The number of carbonyl (C=O) groups is 2. The number of anilines is 1. The van der Waals surface area contributed by atoms with Crippen molar-refractivity contribution in [2.45, 2.75) is 52.5 Å². The van der Waals surface area contributed by atoms with Crippen LogP contribution in [0.25, 0.3) is 0 Å². The molecule has 2 rings (SSSR count). The topological polar surface area (TPSA) is 67.9 Å². The van der Waals surface area contributed by atoms with E-state index in [2.05, 4.69) is 10.1 Å². The first-order valence-electron chi connectivity index (χ1n) is 9.02. The van der Waals surface area contributed by atoms with Gasteiger partial charge in [0.15, 0.2) is 0 Å². The van der Waals surface area contributed by atoms with E-state index in [4.69, 9.17) is 4.74 Å². The van der Waals surface area contributed by atoms with Gasteiger partial charge in [-0.05, 0) is 29.7 Å². The smallest absolute Gasteiger partial charge is 0.446 e. The molecule has 1 saturated heterocycles. The number of hydrogen-bond donors (Lipinski definition) is 1. The molecule has 1 heterocycles. The molecule has 1 aromatic rings. The van der Waals surface area contributed by atoms with Gasteiger partial charge in [0, 0.05) is 38.0 Å². The van der Waals surface area contributed by atoms with Gasteiger partial charge in [-0.2, -0.15) is 0 Å². The zero-order chi connectivity index (χ0) is 20.9. The number of nitrogens with one attached hydrogen (secondary N) is 1. The summed E-state index contributed by atoms with van der Waals surface area (Å²) in [5.74, 6) is -0.282.